The largest absolute Gasteiger partial charge is 0.478 e. The van der Waals surface area contributed by atoms with E-state index < -0.39 is 15.8 Å². The highest BCUT2D eigenvalue weighted by atomic mass is 32.2. The molecular weight excluding hydrogens is 352 g/mol. The van der Waals surface area contributed by atoms with Crippen LogP contribution in [-0.2, 0) is 9.84 Å². The smallest absolute Gasteiger partial charge is 0.337 e. The second kappa shape index (κ2) is 6.68. The highest BCUT2D eigenvalue weighted by molar-refractivity contribution is 7.90. The van der Waals surface area contributed by atoms with E-state index in [0.29, 0.717) is 16.8 Å². The minimum absolute atomic E-state index is 0.0519. The van der Waals surface area contributed by atoms with E-state index in [-0.39, 0.29) is 10.5 Å². The molecule has 6 nitrogen and oxygen atoms in total. The zero-order valence-corrected chi connectivity index (χ0v) is 15.0. The lowest BCUT2D eigenvalue weighted by Gasteiger charge is -2.11. The molecule has 0 unspecified atom stereocenters. The fourth-order valence-electron chi connectivity index (χ4n) is 2.52. The Morgan fingerprint density at radius 1 is 0.962 bits per heavy atom. The molecule has 7 heteroatoms. The fourth-order valence-corrected chi connectivity index (χ4v) is 3.15. The number of hydrogen-bond donors (Lipinski definition) is 1. The highest BCUT2D eigenvalue weighted by Gasteiger charge is 2.15. The summed E-state index contributed by atoms with van der Waals surface area (Å²) in [6.45, 7) is 1.87. The molecule has 3 aromatic rings. The number of sulfone groups is 1. The Hall–Kier alpha value is -3.06. The van der Waals surface area contributed by atoms with Gasteiger partial charge in [0, 0.05) is 35.5 Å². The number of rotatable bonds is 4. The maximum atomic E-state index is 11.6. The van der Waals surface area contributed by atoms with Gasteiger partial charge in [-0.2, -0.15) is 0 Å². The van der Waals surface area contributed by atoms with Gasteiger partial charge in [0.05, 0.1) is 16.2 Å². The van der Waals surface area contributed by atoms with Crippen molar-refractivity contribution in [1.29, 1.82) is 0 Å². The molecule has 132 valence electrons. The van der Waals surface area contributed by atoms with Crippen molar-refractivity contribution in [2.45, 2.75) is 11.8 Å². The molecule has 1 N–H and O–H groups in total. The van der Waals surface area contributed by atoms with Gasteiger partial charge in [0.2, 0.25) is 0 Å². The first-order chi connectivity index (χ1) is 12.3. The van der Waals surface area contributed by atoms with Gasteiger partial charge in [0.15, 0.2) is 9.84 Å². The van der Waals surface area contributed by atoms with Crippen LogP contribution in [-0.4, -0.2) is 35.7 Å². The van der Waals surface area contributed by atoms with Gasteiger partial charge in [0.1, 0.15) is 0 Å². The van der Waals surface area contributed by atoms with Crippen molar-refractivity contribution in [3.05, 3.63) is 66.1 Å². The molecule has 3 rings (SSSR count). The molecule has 0 saturated carbocycles. The van der Waals surface area contributed by atoms with Gasteiger partial charge in [-0.15, -0.1) is 0 Å². The van der Waals surface area contributed by atoms with Crippen LogP contribution in [0.3, 0.4) is 0 Å². The Balaban J connectivity index is 2.18. The number of nitrogens with zero attached hydrogens (tertiary/aromatic N) is 2. The molecule has 0 bridgehead atoms. The molecule has 0 radical (unpaired) electrons. The summed E-state index contributed by atoms with van der Waals surface area (Å²) in [5, 5.41) is 9.27. The summed E-state index contributed by atoms with van der Waals surface area (Å²) in [6, 6.07) is 11.5. The zero-order chi connectivity index (χ0) is 18.9. The lowest BCUT2D eigenvalue weighted by atomic mass is 9.98. The van der Waals surface area contributed by atoms with Crippen molar-refractivity contribution in [3.63, 3.8) is 0 Å². The molecule has 0 aliphatic heterocycles. The van der Waals surface area contributed by atoms with Crippen molar-refractivity contribution in [2.24, 2.45) is 0 Å². The Kier molecular flexibility index (Phi) is 4.56. The van der Waals surface area contributed by atoms with E-state index in [0.717, 1.165) is 17.5 Å². The van der Waals surface area contributed by atoms with Crippen LogP contribution in [0.5, 0.6) is 0 Å². The number of aryl methyl sites for hydroxylation is 1. The molecule has 0 saturated heterocycles. The molecule has 0 fully saturated rings. The van der Waals surface area contributed by atoms with E-state index in [2.05, 4.69) is 9.97 Å². The molecular formula is C19H16N2O4S. The first-order valence-electron chi connectivity index (χ1n) is 7.72. The van der Waals surface area contributed by atoms with Gasteiger partial charge >= 0.3 is 5.97 Å². The van der Waals surface area contributed by atoms with Gasteiger partial charge < -0.3 is 5.11 Å². The first kappa shape index (κ1) is 17.8. The molecule has 0 aliphatic rings. The summed E-state index contributed by atoms with van der Waals surface area (Å²) >= 11 is 0. The third kappa shape index (κ3) is 3.62. The van der Waals surface area contributed by atoms with Crippen molar-refractivity contribution < 1.29 is 18.3 Å². The predicted molar refractivity (Wildman–Crippen MR) is 97.7 cm³/mol. The van der Waals surface area contributed by atoms with E-state index in [1.807, 2.05) is 19.1 Å². The van der Waals surface area contributed by atoms with Crippen molar-refractivity contribution in [2.75, 3.05) is 6.26 Å². The van der Waals surface area contributed by atoms with Crippen LogP contribution in [0.1, 0.15) is 16.1 Å². The lowest BCUT2D eigenvalue weighted by molar-refractivity contribution is 0.0696. The summed E-state index contributed by atoms with van der Waals surface area (Å²) in [4.78, 5) is 20.1. The van der Waals surface area contributed by atoms with Crippen LogP contribution in [0, 0.1) is 6.92 Å². The minimum atomic E-state index is -3.31. The second-order valence-electron chi connectivity index (χ2n) is 5.91. The average molecular weight is 368 g/mol. The first-order valence-corrected chi connectivity index (χ1v) is 9.62. The van der Waals surface area contributed by atoms with Gasteiger partial charge in [-0.25, -0.2) is 13.2 Å². The maximum Gasteiger partial charge on any atom is 0.337 e. The normalized spacial score (nSPS) is 11.3. The Morgan fingerprint density at radius 2 is 1.62 bits per heavy atom. The molecule has 2 aromatic heterocycles. The van der Waals surface area contributed by atoms with Crippen LogP contribution < -0.4 is 0 Å². The molecule has 0 spiro atoms. The van der Waals surface area contributed by atoms with E-state index in [9.17, 15) is 18.3 Å². The van der Waals surface area contributed by atoms with Crippen LogP contribution in [0.25, 0.3) is 22.4 Å². The van der Waals surface area contributed by atoms with Crippen LogP contribution in [0.4, 0.5) is 0 Å². The number of carboxylic acid groups (broad SMARTS) is 1. The van der Waals surface area contributed by atoms with Crippen LogP contribution >= 0.6 is 0 Å². The number of pyridine rings is 2. The van der Waals surface area contributed by atoms with Crippen LogP contribution in [0.2, 0.25) is 0 Å². The number of aromatic nitrogens is 2. The number of hydrogen-bond acceptors (Lipinski definition) is 5. The number of carboxylic acids is 1. The lowest BCUT2D eigenvalue weighted by Crippen LogP contribution is -2.01. The van der Waals surface area contributed by atoms with Crippen molar-refractivity contribution >= 4 is 15.8 Å². The van der Waals surface area contributed by atoms with Gasteiger partial charge in [-0.1, -0.05) is 12.1 Å². The standard InChI is InChI=1S/C19H16N2O4S/c1-12-3-4-14(10-20-12)18-17(9-15(11-21-18)19(22)23)13-5-7-16(8-6-13)26(2,24)25/h3-11H,1-2H3,(H,22,23). The molecule has 0 atom stereocenters. The Labute approximate surface area is 151 Å². The van der Waals surface area contributed by atoms with E-state index in [1.165, 1.54) is 24.4 Å². The van der Waals surface area contributed by atoms with E-state index >= 15 is 0 Å². The third-order valence-electron chi connectivity index (χ3n) is 3.91. The van der Waals surface area contributed by atoms with E-state index in [4.69, 9.17) is 0 Å². The predicted octanol–water partition coefficient (Wildman–Crippen LogP) is 3.22. The van der Waals surface area contributed by atoms with E-state index in [1.54, 1.807) is 18.3 Å². The summed E-state index contributed by atoms with van der Waals surface area (Å²) in [5.74, 6) is -1.08. The summed E-state index contributed by atoms with van der Waals surface area (Å²) in [7, 11) is -3.31. The summed E-state index contributed by atoms with van der Waals surface area (Å²) in [5.41, 5.74) is 3.49. The number of benzene rings is 1. The topological polar surface area (TPSA) is 97.2 Å². The SMILES string of the molecule is Cc1ccc(-c2ncc(C(=O)O)cc2-c2ccc(S(C)(=O)=O)cc2)cn1. The summed E-state index contributed by atoms with van der Waals surface area (Å²) in [6.07, 6.45) is 4.11. The quantitative estimate of drug-likeness (QED) is 0.759. The second-order valence-corrected chi connectivity index (χ2v) is 7.93. The molecule has 26 heavy (non-hydrogen) atoms. The molecule has 0 amide bonds. The molecule has 2 heterocycles. The maximum absolute atomic E-state index is 11.6. The van der Waals surface area contributed by atoms with Crippen LogP contribution in [0.15, 0.2) is 59.8 Å². The molecule has 1 aromatic carbocycles. The van der Waals surface area contributed by atoms with Gasteiger partial charge in [0.25, 0.3) is 0 Å². The zero-order valence-electron chi connectivity index (χ0n) is 14.2. The summed E-state index contributed by atoms with van der Waals surface area (Å²) < 4.78 is 23.3. The monoisotopic (exact) mass is 368 g/mol. The van der Waals surface area contributed by atoms with Gasteiger partial charge in [-0.05, 0) is 42.8 Å². The number of carbonyl (C=O) groups is 1. The average Bonchev–Trinajstić information content (AvgIpc) is 2.61. The Bertz CT molecular complexity index is 1070. The molecule has 0 aliphatic carbocycles. The third-order valence-corrected chi connectivity index (χ3v) is 5.04. The highest BCUT2D eigenvalue weighted by Crippen LogP contribution is 2.31. The van der Waals surface area contributed by atoms with Crippen molar-refractivity contribution in [1.82, 2.24) is 9.97 Å². The Morgan fingerprint density at radius 3 is 2.15 bits per heavy atom. The van der Waals surface area contributed by atoms with Crippen molar-refractivity contribution in [3.8, 4) is 22.4 Å². The minimum Gasteiger partial charge on any atom is -0.478 e. The van der Waals surface area contributed by atoms with Gasteiger partial charge in [-0.3, -0.25) is 9.97 Å². The number of aromatic carboxylic acids is 1. The fraction of sp³-hybridized carbons (Fsp3) is 0.105.